The van der Waals surface area contributed by atoms with E-state index in [1.165, 1.54) is 10.4 Å². The van der Waals surface area contributed by atoms with Crippen molar-refractivity contribution in [2.45, 2.75) is 38.8 Å². The van der Waals surface area contributed by atoms with Crippen molar-refractivity contribution in [3.63, 3.8) is 0 Å². The van der Waals surface area contributed by atoms with E-state index in [0.29, 0.717) is 0 Å². The maximum atomic E-state index is 9.95. The molecule has 0 amide bonds. The molecule has 2 heteroatoms. The van der Waals surface area contributed by atoms with Gasteiger partial charge in [0.05, 0.1) is 0 Å². The lowest BCUT2D eigenvalue weighted by molar-refractivity contribution is 0.281. The van der Waals surface area contributed by atoms with Crippen LogP contribution in [0.25, 0.3) is 0 Å². The zero-order valence-electron chi connectivity index (χ0n) is 17.1. The lowest BCUT2D eigenvalue weighted by Crippen LogP contribution is -2.63. The van der Waals surface area contributed by atoms with Crippen LogP contribution < -0.4 is 10.4 Å². The molecule has 0 radical (unpaired) electrons. The Bertz CT molecular complexity index is 887. The molecule has 0 bridgehead atoms. The SMILES string of the molecule is C/C=C/C=C/C(O)C#CC#C[Si](c1ccccc1)(c1ccccc1)C(C)(C)C. The highest BCUT2D eigenvalue weighted by Gasteiger charge is 2.46. The van der Waals surface area contributed by atoms with Crippen molar-refractivity contribution in [2.24, 2.45) is 0 Å². The van der Waals surface area contributed by atoms with Crippen molar-refractivity contribution in [3.8, 4) is 23.3 Å². The second-order valence-corrected chi connectivity index (χ2v) is 12.0. The van der Waals surface area contributed by atoms with Crippen LogP contribution in [0.5, 0.6) is 0 Å². The molecule has 0 aliphatic rings. The molecule has 0 fully saturated rings. The van der Waals surface area contributed by atoms with E-state index in [1.54, 1.807) is 12.2 Å². The minimum absolute atomic E-state index is 0.0329. The van der Waals surface area contributed by atoms with Gasteiger partial charge in [0.15, 0.2) is 0 Å². The Morgan fingerprint density at radius 1 is 0.857 bits per heavy atom. The Labute approximate surface area is 170 Å². The summed E-state index contributed by atoms with van der Waals surface area (Å²) in [5, 5.41) is 12.5. The first kappa shape index (κ1) is 21.5. The minimum Gasteiger partial charge on any atom is -0.377 e. The number of aliphatic hydroxyl groups is 1. The third-order valence-electron chi connectivity index (χ3n) is 4.67. The zero-order valence-corrected chi connectivity index (χ0v) is 18.1. The topological polar surface area (TPSA) is 20.2 Å². The normalized spacial score (nSPS) is 12.9. The van der Waals surface area contributed by atoms with Gasteiger partial charge in [0.1, 0.15) is 6.10 Å². The van der Waals surface area contributed by atoms with Crippen molar-refractivity contribution in [2.75, 3.05) is 0 Å². The van der Waals surface area contributed by atoms with Crippen LogP contribution in [0.2, 0.25) is 5.04 Å². The van der Waals surface area contributed by atoms with Gasteiger partial charge >= 0.3 is 0 Å². The highest BCUT2D eigenvalue weighted by atomic mass is 28.3. The van der Waals surface area contributed by atoms with Gasteiger partial charge in [-0.1, -0.05) is 106 Å². The molecule has 0 spiro atoms. The molecule has 28 heavy (non-hydrogen) atoms. The first-order valence-corrected chi connectivity index (χ1v) is 11.5. The second kappa shape index (κ2) is 9.95. The van der Waals surface area contributed by atoms with Crippen LogP contribution in [-0.2, 0) is 0 Å². The Kier molecular flexibility index (Phi) is 7.65. The second-order valence-electron chi connectivity index (χ2n) is 7.61. The number of hydrogen-bond acceptors (Lipinski definition) is 1. The Morgan fingerprint density at radius 3 is 1.86 bits per heavy atom. The molecular weight excluding hydrogens is 356 g/mol. The summed E-state index contributed by atoms with van der Waals surface area (Å²) in [4.78, 5) is 0. The van der Waals surface area contributed by atoms with E-state index in [0.717, 1.165) is 0 Å². The third-order valence-corrected chi connectivity index (χ3v) is 9.82. The maximum absolute atomic E-state index is 9.95. The van der Waals surface area contributed by atoms with Crippen LogP contribution in [0, 0.1) is 23.3 Å². The summed E-state index contributed by atoms with van der Waals surface area (Å²) in [5.41, 5.74) is 3.59. The zero-order chi connectivity index (χ0) is 20.5. The number of aliphatic hydroxyl groups excluding tert-OH is 1. The van der Waals surface area contributed by atoms with Crippen LogP contribution in [0.4, 0.5) is 0 Å². The lowest BCUT2D eigenvalue weighted by atomic mass is 10.2. The van der Waals surface area contributed by atoms with E-state index < -0.39 is 14.2 Å². The summed E-state index contributed by atoms with van der Waals surface area (Å²) in [7, 11) is -2.43. The van der Waals surface area contributed by atoms with Crippen LogP contribution in [0.1, 0.15) is 27.7 Å². The first-order chi connectivity index (χ1) is 13.4. The van der Waals surface area contributed by atoms with Gasteiger partial charge in [-0.25, -0.2) is 0 Å². The largest absolute Gasteiger partial charge is 0.377 e. The summed E-state index contributed by atoms with van der Waals surface area (Å²) in [6, 6.07) is 21.1. The monoisotopic (exact) mass is 384 g/mol. The highest BCUT2D eigenvalue weighted by molar-refractivity contribution is 7.10. The summed E-state index contributed by atoms with van der Waals surface area (Å²) in [5.74, 6) is 8.77. The van der Waals surface area contributed by atoms with Gasteiger partial charge < -0.3 is 5.11 Å². The molecule has 2 aromatic rings. The van der Waals surface area contributed by atoms with Crippen LogP contribution in [0.15, 0.2) is 85.0 Å². The third kappa shape index (κ3) is 5.14. The van der Waals surface area contributed by atoms with Crippen molar-refractivity contribution in [1.29, 1.82) is 0 Å². The van der Waals surface area contributed by atoms with Crippen LogP contribution >= 0.6 is 0 Å². The molecule has 0 saturated carbocycles. The molecule has 2 rings (SSSR count). The van der Waals surface area contributed by atoms with E-state index in [9.17, 15) is 5.11 Å². The van der Waals surface area contributed by atoms with E-state index in [1.807, 2.05) is 31.2 Å². The molecule has 1 nitrogen and oxygen atoms in total. The Balaban J connectivity index is 2.56. The van der Waals surface area contributed by atoms with Gasteiger partial charge in [-0.05, 0) is 40.3 Å². The molecule has 2 aromatic carbocycles. The van der Waals surface area contributed by atoms with Gasteiger partial charge in [0, 0.05) is 0 Å². The number of hydrogen-bond donors (Lipinski definition) is 1. The van der Waals surface area contributed by atoms with Gasteiger partial charge in [-0.15, -0.1) is 5.54 Å². The molecule has 0 aliphatic heterocycles. The molecule has 1 unspecified atom stereocenters. The standard InChI is InChI=1S/C26H28OSi/c1-5-6-9-16-23(27)17-14-15-22-28(26(2,3)4,24-18-10-7-11-19-24)25-20-12-8-13-21-25/h5-13,16,18-21,23,27H,1-4H3/b6-5+,16-9+. The van der Waals surface area contributed by atoms with Gasteiger partial charge in [-0.2, -0.15) is 0 Å². The Morgan fingerprint density at radius 2 is 1.39 bits per heavy atom. The van der Waals surface area contributed by atoms with Crippen molar-refractivity contribution >= 4 is 18.4 Å². The fourth-order valence-electron chi connectivity index (χ4n) is 3.30. The van der Waals surface area contributed by atoms with E-state index in [2.05, 4.69) is 92.6 Å². The van der Waals surface area contributed by atoms with Gasteiger partial charge in [0.2, 0.25) is 8.07 Å². The number of rotatable bonds is 4. The smallest absolute Gasteiger partial charge is 0.205 e. The molecule has 1 atom stereocenters. The fraction of sp³-hybridized carbons (Fsp3) is 0.231. The summed E-state index contributed by atoms with van der Waals surface area (Å²) in [6.07, 6.45) is 6.38. The van der Waals surface area contributed by atoms with Crippen LogP contribution in [-0.4, -0.2) is 19.3 Å². The molecule has 0 aromatic heterocycles. The predicted octanol–water partition coefficient (Wildman–Crippen LogP) is 4.09. The van der Waals surface area contributed by atoms with E-state index in [4.69, 9.17) is 0 Å². The molecule has 0 saturated heterocycles. The number of allylic oxidation sites excluding steroid dienone is 3. The van der Waals surface area contributed by atoms with Crippen molar-refractivity contribution < 1.29 is 5.11 Å². The average Bonchev–Trinajstić information content (AvgIpc) is 2.69. The van der Waals surface area contributed by atoms with Gasteiger partial charge in [-0.3, -0.25) is 0 Å². The van der Waals surface area contributed by atoms with Crippen molar-refractivity contribution in [1.82, 2.24) is 0 Å². The molecule has 142 valence electrons. The molecule has 1 N–H and O–H groups in total. The summed E-state index contributed by atoms with van der Waals surface area (Å²) >= 11 is 0. The van der Waals surface area contributed by atoms with E-state index in [-0.39, 0.29) is 5.04 Å². The quantitative estimate of drug-likeness (QED) is 0.478. The van der Waals surface area contributed by atoms with Crippen LogP contribution in [0.3, 0.4) is 0 Å². The fourth-order valence-corrected chi connectivity index (χ4v) is 7.67. The molecule has 0 aliphatic carbocycles. The first-order valence-electron chi connectivity index (χ1n) is 9.53. The predicted molar refractivity (Wildman–Crippen MR) is 123 cm³/mol. The molecule has 0 heterocycles. The lowest BCUT2D eigenvalue weighted by Gasteiger charge is -2.39. The van der Waals surface area contributed by atoms with Gasteiger partial charge in [0.25, 0.3) is 0 Å². The molecular formula is C26H28OSi. The summed E-state index contributed by atoms with van der Waals surface area (Å²) < 4.78 is 0. The highest BCUT2D eigenvalue weighted by Crippen LogP contribution is 2.35. The van der Waals surface area contributed by atoms with Crippen molar-refractivity contribution in [3.05, 3.63) is 85.0 Å². The maximum Gasteiger partial charge on any atom is 0.205 e. The summed E-state index contributed by atoms with van der Waals surface area (Å²) in [6.45, 7) is 8.71. The average molecular weight is 385 g/mol. The van der Waals surface area contributed by atoms with E-state index >= 15 is 0 Å². The minimum atomic E-state index is -2.43. The number of benzene rings is 2. The Hall–Kier alpha value is -2.78.